The quantitative estimate of drug-likeness (QED) is 0.868. The third-order valence-electron chi connectivity index (χ3n) is 3.28. The minimum atomic E-state index is -0.522. The summed E-state index contributed by atoms with van der Waals surface area (Å²) < 4.78 is 9.92. The van der Waals surface area contributed by atoms with Crippen molar-refractivity contribution in [1.29, 1.82) is 0 Å². The highest BCUT2D eigenvalue weighted by Gasteiger charge is 2.44. The van der Waals surface area contributed by atoms with Gasteiger partial charge in [0.25, 0.3) is 0 Å². The Bertz CT molecular complexity index is 530. The lowest BCUT2D eigenvalue weighted by atomic mass is 10.1. The van der Waals surface area contributed by atoms with E-state index in [1.54, 1.807) is 0 Å². The summed E-state index contributed by atoms with van der Waals surface area (Å²) in [6.07, 6.45) is 0.347. The van der Waals surface area contributed by atoms with Crippen LogP contribution in [0.3, 0.4) is 0 Å². The Morgan fingerprint density at radius 1 is 1.19 bits per heavy atom. The molecule has 1 aromatic carbocycles. The minimum Gasteiger partial charge on any atom is -0.469 e. The molecule has 1 N–H and O–H groups in total. The Balaban J connectivity index is 1.91. The van der Waals surface area contributed by atoms with Gasteiger partial charge in [-0.05, 0) is 50.8 Å². The van der Waals surface area contributed by atoms with Crippen molar-refractivity contribution in [2.45, 2.75) is 38.7 Å². The molecule has 1 aliphatic rings. The van der Waals surface area contributed by atoms with Gasteiger partial charge in [0.1, 0.15) is 5.60 Å². The van der Waals surface area contributed by atoms with E-state index in [-0.39, 0.29) is 17.8 Å². The van der Waals surface area contributed by atoms with Crippen molar-refractivity contribution in [3.63, 3.8) is 0 Å². The molecular weight excluding hydrogens is 270 g/mol. The zero-order chi connectivity index (χ0) is 15.6. The number of amides is 1. The van der Waals surface area contributed by atoms with Crippen molar-refractivity contribution in [3.8, 4) is 0 Å². The summed E-state index contributed by atoms with van der Waals surface area (Å²) in [7, 11) is 1.41. The molecule has 1 aliphatic carbocycles. The van der Waals surface area contributed by atoms with Crippen molar-refractivity contribution in [2.24, 2.45) is 5.92 Å². The van der Waals surface area contributed by atoms with Crippen LogP contribution in [0, 0.1) is 5.92 Å². The summed E-state index contributed by atoms with van der Waals surface area (Å²) in [5.74, 6) is 0.0450. The first-order chi connectivity index (χ1) is 9.80. The maximum Gasteiger partial charge on any atom is 0.412 e. The first-order valence-corrected chi connectivity index (χ1v) is 6.98. The third kappa shape index (κ3) is 4.21. The van der Waals surface area contributed by atoms with Crippen LogP contribution in [0.15, 0.2) is 24.3 Å². The summed E-state index contributed by atoms with van der Waals surface area (Å²) in [6, 6.07) is 7.46. The Kier molecular flexibility index (Phi) is 4.21. The monoisotopic (exact) mass is 291 g/mol. The molecule has 5 nitrogen and oxygen atoms in total. The molecule has 5 heteroatoms. The van der Waals surface area contributed by atoms with E-state index in [4.69, 9.17) is 9.47 Å². The number of anilines is 1. The summed E-state index contributed by atoms with van der Waals surface area (Å²) in [5.41, 5.74) is 1.23. The molecule has 1 amide bonds. The van der Waals surface area contributed by atoms with Crippen LogP contribution in [0.4, 0.5) is 10.5 Å². The zero-order valence-corrected chi connectivity index (χ0v) is 12.8. The predicted molar refractivity (Wildman–Crippen MR) is 79.2 cm³/mol. The average molecular weight is 291 g/mol. The topological polar surface area (TPSA) is 64.6 Å². The summed E-state index contributed by atoms with van der Waals surface area (Å²) in [4.78, 5) is 23.1. The van der Waals surface area contributed by atoms with Crippen molar-refractivity contribution in [2.75, 3.05) is 12.4 Å². The number of nitrogens with one attached hydrogen (secondary N) is 1. The first kappa shape index (κ1) is 15.4. The number of rotatable bonds is 3. The molecule has 0 radical (unpaired) electrons. The van der Waals surface area contributed by atoms with E-state index in [9.17, 15) is 9.59 Å². The van der Waals surface area contributed by atoms with Gasteiger partial charge in [0, 0.05) is 5.69 Å². The van der Waals surface area contributed by atoms with Gasteiger partial charge in [0.05, 0.1) is 13.0 Å². The fourth-order valence-electron chi connectivity index (χ4n) is 2.21. The number of methoxy groups -OCH3 is 1. The van der Waals surface area contributed by atoms with E-state index >= 15 is 0 Å². The Morgan fingerprint density at radius 3 is 2.33 bits per heavy atom. The van der Waals surface area contributed by atoms with Gasteiger partial charge >= 0.3 is 12.1 Å². The lowest BCUT2D eigenvalue weighted by molar-refractivity contribution is -0.142. The molecule has 2 atom stereocenters. The van der Waals surface area contributed by atoms with Crippen LogP contribution in [-0.4, -0.2) is 24.8 Å². The van der Waals surface area contributed by atoms with Gasteiger partial charge in [-0.3, -0.25) is 10.1 Å². The van der Waals surface area contributed by atoms with Gasteiger partial charge in [-0.15, -0.1) is 0 Å². The predicted octanol–water partition coefficient (Wildman–Crippen LogP) is 3.31. The number of carbonyl (C=O) groups excluding carboxylic acids is 2. The largest absolute Gasteiger partial charge is 0.469 e. The van der Waals surface area contributed by atoms with Crippen molar-refractivity contribution in [1.82, 2.24) is 0 Å². The van der Waals surface area contributed by atoms with Crippen molar-refractivity contribution in [3.05, 3.63) is 29.8 Å². The Labute approximate surface area is 124 Å². The van der Waals surface area contributed by atoms with Gasteiger partial charge in [-0.1, -0.05) is 12.1 Å². The van der Waals surface area contributed by atoms with E-state index in [0.29, 0.717) is 5.69 Å². The second kappa shape index (κ2) is 5.76. The lowest BCUT2D eigenvalue weighted by Gasteiger charge is -2.19. The fraction of sp³-hybridized carbons (Fsp3) is 0.500. The third-order valence-corrected chi connectivity index (χ3v) is 3.28. The van der Waals surface area contributed by atoms with Crippen LogP contribution in [0.25, 0.3) is 0 Å². The molecule has 21 heavy (non-hydrogen) atoms. The second-order valence-corrected chi connectivity index (χ2v) is 6.22. The summed E-state index contributed by atoms with van der Waals surface area (Å²) in [5, 5.41) is 2.68. The summed E-state index contributed by atoms with van der Waals surface area (Å²) >= 11 is 0. The molecule has 0 aliphatic heterocycles. The van der Waals surface area contributed by atoms with Crippen LogP contribution >= 0.6 is 0 Å². The van der Waals surface area contributed by atoms with Crippen LogP contribution in [0.5, 0.6) is 0 Å². The molecule has 0 heterocycles. The molecule has 0 aromatic heterocycles. The molecule has 1 aromatic rings. The molecule has 0 unspecified atom stereocenters. The standard InChI is InChI=1S/C16H21NO4/c1-16(2,3)21-15(19)17-11-7-5-10(6-8-11)12-9-13(12)14(18)20-4/h5-8,12-13H,9H2,1-4H3,(H,17,19)/t12-,13+/m1/s1. The molecule has 0 bridgehead atoms. The van der Waals surface area contributed by atoms with E-state index < -0.39 is 11.7 Å². The average Bonchev–Trinajstić information content (AvgIpc) is 3.16. The maximum atomic E-state index is 11.6. The van der Waals surface area contributed by atoms with E-state index in [0.717, 1.165) is 12.0 Å². The SMILES string of the molecule is COC(=O)[C@H]1C[C@@H]1c1ccc(NC(=O)OC(C)(C)C)cc1. The molecule has 0 saturated heterocycles. The maximum absolute atomic E-state index is 11.6. The molecular formula is C16H21NO4. The van der Waals surface area contributed by atoms with Gasteiger partial charge < -0.3 is 9.47 Å². The normalized spacial score (nSPS) is 20.6. The van der Waals surface area contributed by atoms with Gasteiger partial charge in [0.15, 0.2) is 0 Å². The fourth-order valence-corrected chi connectivity index (χ4v) is 2.21. The van der Waals surface area contributed by atoms with E-state index in [1.807, 2.05) is 45.0 Å². The Morgan fingerprint density at radius 2 is 1.81 bits per heavy atom. The Hall–Kier alpha value is -2.04. The molecule has 114 valence electrons. The number of esters is 1. The van der Waals surface area contributed by atoms with E-state index in [1.165, 1.54) is 7.11 Å². The van der Waals surface area contributed by atoms with Crippen LogP contribution in [0.1, 0.15) is 38.7 Å². The number of hydrogen-bond acceptors (Lipinski definition) is 4. The highest BCUT2D eigenvalue weighted by atomic mass is 16.6. The number of ether oxygens (including phenoxy) is 2. The minimum absolute atomic E-state index is 0.0281. The molecule has 2 rings (SSSR count). The first-order valence-electron chi connectivity index (χ1n) is 6.98. The number of carbonyl (C=O) groups is 2. The number of benzene rings is 1. The van der Waals surface area contributed by atoms with Gasteiger partial charge in [0.2, 0.25) is 0 Å². The highest BCUT2D eigenvalue weighted by Crippen LogP contribution is 2.48. The number of hydrogen-bond donors (Lipinski definition) is 1. The van der Waals surface area contributed by atoms with Crippen LogP contribution < -0.4 is 5.32 Å². The highest BCUT2D eigenvalue weighted by molar-refractivity contribution is 5.85. The smallest absolute Gasteiger partial charge is 0.412 e. The zero-order valence-electron chi connectivity index (χ0n) is 12.8. The van der Waals surface area contributed by atoms with Crippen molar-refractivity contribution >= 4 is 17.7 Å². The molecule has 1 fully saturated rings. The van der Waals surface area contributed by atoms with Crippen LogP contribution in [0.2, 0.25) is 0 Å². The lowest BCUT2D eigenvalue weighted by Crippen LogP contribution is -2.27. The van der Waals surface area contributed by atoms with E-state index in [2.05, 4.69) is 5.32 Å². The summed E-state index contributed by atoms with van der Waals surface area (Å²) in [6.45, 7) is 5.45. The molecule has 1 saturated carbocycles. The van der Waals surface area contributed by atoms with Crippen LogP contribution in [-0.2, 0) is 14.3 Å². The van der Waals surface area contributed by atoms with Gasteiger partial charge in [-0.25, -0.2) is 4.79 Å². The van der Waals surface area contributed by atoms with Gasteiger partial charge in [-0.2, -0.15) is 0 Å². The second-order valence-electron chi connectivity index (χ2n) is 6.22. The molecule has 0 spiro atoms. The van der Waals surface area contributed by atoms with Crippen molar-refractivity contribution < 1.29 is 19.1 Å².